The smallest absolute Gasteiger partial charge is 0.0934 e. The van der Waals surface area contributed by atoms with Crippen LogP contribution < -0.4 is 5.32 Å². The highest BCUT2D eigenvalue weighted by Crippen LogP contribution is 2.38. The standard InChI is InChI=1S/C10H13ClN2S.ClH/c11-9-5-7-1-3-13-4-2-12-6-8(13)10(7)14-9;/h5,8,12H,1-4,6H2;1H. The van der Waals surface area contributed by atoms with Gasteiger partial charge in [-0.2, -0.15) is 0 Å². The summed E-state index contributed by atoms with van der Waals surface area (Å²) in [5, 5.41) is 3.46. The van der Waals surface area contributed by atoms with Crippen molar-refractivity contribution < 1.29 is 0 Å². The lowest BCUT2D eigenvalue weighted by molar-refractivity contribution is 0.155. The molecule has 84 valence electrons. The van der Waals surface area contributed by atoms with Crippen LogP contribution in [0.25, 0.3) is 0 Å². The summed E-state index contributed by atoms with van der Waals surface area (Å²) in [6, 6.07) is 2.73. The average Bonchev–Trinajstić information content (AvgIpc) is 2.59. The van der Waals surface area contributed by atoms with Crippen molar-refractivity contribution >= 4 is 35.3 Å². The van der Waals surface area contributed by atoms with E-state index in [-0.39, 0.29) is 12.4 Å². The molecule has 1 atom stereocenters. The van der Waals surface area contributed by atoms with E-state index in [0.717, 1.165) is 17.4 Å². The van der Waals surface area contributed by atoms with Crippen LogP contribution in [-0.2, 0) is 6.42 Å². The van der Waals surface area contributed by atoms with Crippen molar-refractivity contribution in [2.24, 2.45) is 0 Å². The molecule has 0 bridgehead atoms. The second-order valence-electron chi connectivity index (χ2n) is 3.95. The molecule has 1 saturated heterocycles. The number of hydrogen-bond acceptors (Lipinski definition) is 3. The predicted molar refractivity (Wildman–Crippen MR) is 67.5 cm³/mol. The Morgan fingerprint density at radius 3 is 3.20 bits per heavy atom. The second kappa shape index (κ2) is 4.60. The fraction of sp³-hybridized carbons (Fsp3) is 0.600. The lowest BCUT2D eigenvalue weighted by Gasteiger charge is -2.39. The molecule has 2 aliphatic heterocycles. The van der Waals surface area contributed by atoms with Gasteiger partial charge in [0.15, 0.2) is 0 Å². The fourth-order valence-electron chi connectivity index (χ4n) is 2.42. The minimum Gasteiger partial charge on any atom is -0.314 e. The molecule has 5 heteroatoms. The summed E-state index contributed by atoms with van der Waals surface area (Å²) in [6.07, 6.45) is 1.18. The molecule has 2 nitrogen and oxygen atoms in total. The van der Waals surface area contributed by atoms with Crippen molar-refractivity contribution in [2.45, 2.75) is 12.5 Å². The van der Waals surface area contributed by atoms with Gasteiger partial charge in [0.1, 0.15) is 0 Å². The van der Waals surface area contributed by atoms with Gasteiger partial charge in [-0.25, -0.2) is 0 Å². The largest absolute Gasteiger partial charge is 0.314 e. The third-order valence-electron chi connectivity index (χ3n) is 3.14. The summed E-state index contributed by atoms with van der Waals surface area (Å²) >= 11 is 7.82. The SMILES string of the molecule is Cl.Clc1cc2c(s1)C1CNCCN1CC2. The number of nitrogens with zero attached hydrogens (tertiary/aromatic N) is 1. The van der Waals surface area contributed by atoms with Gasteiger partial charge < -0.3 is 5.32 Å². The molecule has 0 aromatic carbocycles. The van der Waals surface area contributed by atoms with Gasteiger partial charge in [0.2, 0.25) is 0 Å². The molecule has 3 rings (SSSR count). The summed E-state index contributed by atoms with van der Waals surface area (Å²) < 4.78 is 0.947. The number of hydrogen-bond donors (Lipinski definition) is 1. The van der Waals surface area contributed by atoms with Crippen molar-refractivity contribution in [3.05, 3.63) is 20.8 Å². The van der Waals surface area contributed by atoms with Crippen molar-refractivity contribution in [2.75, 3.05) is 26.2 Å². The summed E-state index contributed by atoms with van der Waals surface area (Å²) in [6.45, 7) is 4.60. The fourth-order valence-corrected chi connectivity index (χ4v) is 3.88. The van der Waals surface area contributed by atoms with Gasteiger partial charge in [0.05, 0.1) is 10.4 Å². The summed E-state index contributed by atoms with van der Waals surface area (Å²) in [5.41, 5.74) is 1.48. The molecule has 15 heavy (non-hydrogen) atoms. The first-order valence-electron chi connectivity index (χ1n) is 5.07. The lowest BCUT2D eigenvalue weighted by Crippen LogP contribution is -2.48. The molecule has 0 aliphatic carbocycles. The zero-order valence-corrected chi connectivity index (χ0v) is 10.7. The van der Waals surface area contributed by atoms with E-state index in [0.29, 0.717) is 6.04 Å². The first-order valence-corrected chi connectivity index (χ1v) is 6.27. The zero-order chi connectivity index (χ0) is 9.54. The molecule has 0 saturated carbocycles. The molecular formula is C10H14Cl2N2S. The molecule has 1 fully saturated rings. The number of nitrogens with one attached hydrogen (secondary N) is 1. The van der Waals surface area contributed by atoms with E-state index in [1.54, 1.807) is 11.3 Å². The van der Waals surface area contributed by atoms with Crippen LogP contribution >= 0.6 is 35.3 Å². The molecular weight excluding hydrogens is 251 g/mol. The number of halogens is 2. The van der Waals surface area contributed by atoms with Crippen molar-refractivity contribution in [3.8, 4) is 0 Å². The number of piperazine rings is 1. The Kier molecular flexibility index (Phi) is 3.58. The Bertz CT molecular complexity index is 353. The molecule has 1 N–H and O–H groups in total. The molecule has 0 spiro atoms. The van der Waals surface area contributed by atoms with Gasteiger partial charge in [-0.05, 0) is 18.1 Å². The highest BCUT2D eigenvalue weighted by atomic mass is 35.5. The molecule has 1 aromatic rings. The average molecular weight is 265 g/mol. The van der Waals surface area contributed by atoms with E-state index in [9.17, 15) is 0 Å². The topological polar surface area (TPSA) is 15.3 Å². The third kappa shape index (κ3) is 2.04. The van der Waals surface area contributed by atoms with Crippen molar-refractivity contribution in [1.29, 1.82) is 0 Å². The van der Waals surface area contributed by atoms with Crippen LogP contribution in [0.15, 0.2) is 6.07 Å². The van der Waals surface area contributed by atoms with Gasteiger partial charge in [-0.15, -0.1) is 23.7 Å². The Morgan fingerprint density at radius 2 is 2.33 bits per heavy atom. The highest BCUT2D eigenvalue weighted by molar-refractivity contribution is 7.16. The van der Waals surface area contributed by atoms with Crippen LogP contribution in [0.4, 0.5) is 0 Å². The van der Waals surface area contributed by atoms with E-state index >= 15 is 0 Å². The number of rotatable bonds is 0. The van der Waals surface area contributed by atoms with Gasteiger partial charge in [0.25, 0.3) is 0 Å². The Hall–Kier alpha value is 0.200. The maximum Gasteiger partial charge on any atom is 0.0934 e. The first kappa shape index (κ1) is 11.7. The minimum atomic E-state index is 0. The van der Waals surface area contributed by atoms with Crippen LogP contribution in [0.1, 0.15) is 16.5 Å². The second-order valence-corrected chi connectivity index (χ2v) is 5.66. The van der Waals surface area contributed by atoms with Gasteiger partial charge >= 0.3 is 0 Å². The molecule has 1 aromatic heterocycles. The van der Waals surface area contributed by atoms with Crippen LogP contribution in [0.5, 0.6) is 0 Å². The van der Waals surface area contributed by atoms with Crippen LogP contribution in [-0.4, -0.2) is 31.1 Å². The highest BCUT2D eigenvalue weighted by Gasteiger charge is 2.30. The molecule has 0 amide bonds. The number of thiophene rings is 1. The normalized spacial score (nSPS) is 25.3. The Morgan fingerprint density at radius 1 is 1.47 bits per heavy atom. The van der Waals surface area contributed by atoms with E-state index in [1.807, 2.05) is 0 Å². The lowest BCUT2D eigenvalue weighted by atomic mass is 10.0. The quantitative estimate of drug-likeness (QED) is 0.774. The van der Waals surface area contributed by atoms with Crippen LogP contribution in [0.2, 0.25) is 4.34 Å². The zero-order valence-electron chi connectivity index (χ0n) is 8.33. The van der Waals surface area contributed by atoms with Gasteiger partial charge in [0, 0.05) is 31.1 Å². The van der Waals surface area contributed by atoms with Gasteiger partial charge in [-0.3, -0.25) is 4.90 Å². The van der Waals surface area contributed by atoms with Crippen molar-refractivity contribution in [3.63, 3.8) is 0 Å². The maximum absolute atomic E-state index is 6.06. The number of fused-ring (bicyclic) bond motifs is 3. The van der Waals surface area contributed by atoms with E-state index in [1.165, 1.54) is 30.0 Å². The maximum atomic E-state index is 6.06. The molecule has 2 aliphatic rings. The van der Waals surface area contributed by atoms with Crippen LogP contribution in [0.3, 0.4) is 0 Å². The van der Waals surface area contributed by atoms with Crippen LogP contribution in [0, 0.1) is 0 Å². The molecule has 1 unspecified atom stereocenters. The molecule has 0 radical (unpaired) electrons. The summed E-state index contributed by atoms with van der Waals surface area (Å²) in [7, 11) is 0. The Balaban J connectivity index is 0.000000853. The van der Waals surface area contributed by atoms with E-state index < -0.39 is 0 Å². The van der Waals surface area contributed by atoms with Crippen molar-refractivity contribution in [1.82, 2.24) is 10.2 Å². The molecule has 3 heterocycles. The summed E-state index contributed by atoms with van der Waals surface area (Å²) in [4.78, 5) is 4.07. The van der Waals surface area contributed by atoms with E-state index in [2.05, 4.69) is 16.3 Å². The van der Waals surface area contributed by atoms with E-state index in [4.69, 9.17) is 11.6 Å². The third-order valence-corrected chi connectivity index (χ3v) is 4.54. The Labute approximate surface area is 105 Å². The monoisotopic (exact) mass is 264 g/mol. The first-order chi connectivity index (χ1) is 6.84. The summed E-state index contributed by atoms with van der Waals surface area (Å²) in [5.74, 6) is 0. The van der Waals surface area contributed by atoms with Gasteiger partial charge in [-0.1, -0.05) is 11.6 Å². The predicted octanol–water partition coefficient (Wildman–Crippen LogP) is 2.33. The minimum absolute atomic E-state index is 0.